The van der Waals surface area contributed by atoms with Gasteiger partial charge in [0.15, 0.2) is 17.5 Å². The molecule has 0 saturated heterocycles. The zero-order valence-corrected chi connectivity index (χ0v) is 32.7. The Hall–Kier alpha value is -8.01. The summed E-state index contributed by atoms with van der Waals surface area (Å²) in [5, 5.41) is 7.11. The lowest BCUT2D eigenvalue weighted by Gasteiger charge is -2.19. The van der Waals surface area contributed by atoms with Crippen LogP contribution in [-0.4, -0.2) is 15.0 Å². The van der Waals surface area contributed by atoms with E-state index in [0.29, 0.717) is 17.5 Å². The van der Waals surface area contributed by atoms with E-state index in [1.807, 2.05) is 12.1 Å². The summed E-state index contributed by atoms with van der Waals surface area (Å²) in [5.74, 6) is 1.88. The minimum absolute atomic E-state index is 0.624. The second kappa shape index (κ2) is 15.1. The Labute approximate surface area is 349 Å². The molecule has 0 spiro atoms. The third-order valence-corrected chi connectivity index (χ3v) is 11.6. The van der Waals surface area contributed by atoms with Crippen molar-refractivity contribution >= 4 is 32.3 Å². The lowest BCUT2D eigenvalue weighted by atomic mass is 9.84. The second-order valence-electron chi connectivity index (χ2n) is 15.1. The Bertz CT molecular complexity index is 3280. The Morgan fingerprint density at radius 3 is 1.13 bits per heavy atom. The van der Waals surface area contributed by atoms with Gasteiger partial charge in [0.05, 0.1) is 0 Å². The molecular weight excluding hydrogens is 727 g/mol. The van der Waals surface area contributed by atoms with Crippen molar-refractivity contribution < 1.29 is 0 Å². The molecule has 0 unspecified atom stereocenters. The van der Waals surface area contributed by atoms with Crippen LogP contribution in [0.15, 0.2) is 224 Å². The average molecular weight is 764 g/mol. The molecule has 60 heavy (non-hydrogen) atoms. The molecule has 0 saturated carbocycles. The number of benzene rings is 10. The standard InChI is InChI=1S/C57H37N3/c1-4-18-38(19-5-1)39-32-34-42(35-33-39)55-58-56(51-31-17-10-24-43(51)40-20-6-2-7-21-40)60-57(59-55)52-37-36-50(44-25-11-12-26-45(44)52)54-48-29-15-13-27-46(48)53(41-22-8-3-9-23-41)47-28-14-16-30-49(47)54/h1-37H. The first-order valence-corrected chi connectivity index (χ1v) is 20.4. The lowest BCUT2D eigenvalue weighted by molar-refractivity contribution is 1.08. The number of hydrogen-bond donors (Lipinski definition) is 0. The van der Waals surface area contributed by atoms with E-state index in [9.17, 15) is 0 Å². The summed E-state index contributed by atoms with van der Waals surface area (Å²) in [6.45, 7) is 0. The highest BCUT2D eigenvalue weighted by Crippen LogP contribution is 2.46. The minimum atomic E-state index is 0.624. The molecule has 11 aromatic rings. The van der Waals surface area contributed by atoms with Gasteiger partial charge < -0.3 is 0 Å². The highest BCUT2D eigenvalue weighted by Gasteiger charge is 2.21. The van der Waals surface area contributed by atoms with E-state index in [0.717, 1.165) is 44.2 Å². The molecule has 11 rings (SSSR count). The van der Waals surface area contributed by atoms with E-state index >= 15 is 0 Å². The number of hydrogen-bond acceptors (Lipinski definition) is 3. The predicted molar refractivity (Wildman–Crippen MR) is 250 cm³/mol. The van der Waals surface area contributed by atoms with Gasteiger partial charge in [-0.05, 0) is 82.9 Å². The van der Waals surface area contributed by atoms with Crippen LogP contribution in [0, 0.1) is 0 Å². The fraction of sp³-hybridized carbons (Fsp3) is 0. The van der Waals surface area contributed by atoms with Gasteiger partial charge >= 0.3 is 0 Å². The highest BCUT2D eigenvalue weighted by molar-refractivity contribution is 6.24. The van der Waals surface area contributed by atoms with E-state index in [4.69, 9.17) is 15.0 Å². The Morgan fingerprint density at radius 2 is 0.550 bits per heavy atom. The quantitative estimate of drug-likeness (QED) is 0.152. The van der Waals surface area contributed by atoms with Gasteiger partial charge in [0.1, 0.15) is 0 Å². The largest absolute Gasteiger partial charge is 0.208 e. The summed E-state index contributed by atoms with van der Waals surface area (Å²) in [5.41, 5.74) is 12.2. The maximum Gasteiger partial charge on any atom is 0.164 e. The molecule has 0 bridgehead atoms. The van der Waals surface area contributed by atoms with Crippen LogP contribution in [0.3, 0.4) is 0 Å². The maximum atomic E-state index is 5.33. The van der Waals surface area contributed by atoms with Crippen molar-refractivity contribution in [1.82, 2.24) is 15.0 Å². The smallest absolute Gasteiger partial charge is 0.164 e. The third kappa shape index (κ3) is 6.21. The molecule has 0 aliphatic rings. The van der Waals surface area contributed by atoms with Crippen LogP contribution in [0.2, 0.25) is 0 Å². The van der Waals surface area contributed by atoms with Crippen molar-refractivity contribution in [1.29, 1.82) is 0 Å². The van der Waals surface area contributed by atoms with E-state index in [1.165, 1.54) is 49.4 Å². The molecule has 0 fully saturated rings. The predicted octanol–water partition coefficient (Wildman–Crippen LogP) is 15.0. The monoisotopic (exact) mass is 763 g/mol. The SMILES string of the molecule is c1ccc(-c2ccc(-c3nc(-c4ccccc4-c4ccccc4)nc(-c4ccc(-c5c6ccccc6c(-c6ccccc6)c6ccccc56)c5ccccc45)n3)cc2)cc1. The van der Waals surface area contributed by atoms with Crippen molar-refractivity contribution in [3.05, 3.63) is 224 Å². The number of fused-ring (bicyclic) bond motifs is 3. The van der Waals surface area contributed by atoms with Crippen LogP contribution < -0.4 is 0 Å². The lowest BCUT2D eigenvalue weighted by Crippen LogP contribution is -2.02. The van der Waals surface area contributed by atoms with E-state index < -0.39 is 0 Å². The molecule has 0 aliphatic carbocycles. The number of nitrogens with zero attached hydrogens (tertiary/aromatic N) is 3. The van der Waals surface area contributed by atoms with Crippen molar-refractivity contribution in [2.75, 3.05) is 0 Å². The first kappa shape index (κ1) is 35.2. The molecule has 280 valence electrons. The number of aromatic nitrogens is 3. The zero-order chi connectivity index (χ0) is 39.8. The molecule has 3 heteroatoms. The summed E-state index contributed by atoms with van der Waals surface area (Å²) in [6, 6.07) is 79.4. The van der Waals surface area contributed by atoms with Crippen LogP contribution >= 0.6 is 0 Å². The number of rotatable bonds is 7. The molecule has 0 N–H and O–H groups in total. The van der Waals surface area contributed by atoms with Crippen LogP contribution in [0.5, 0.6) is 0 Å². The van der Waals surface area contributed by atoms with Gasteiger partial charge in [-0.2, -0.15) is 0 Å². The second-order valence-corrected chi connectivity index (χ2v) is 15.1. The maximum absolute atomic E-state index is 5.33. The van der Waals surface area contributed by atoms with Crippen LogP contribution in [0.4, 0.5) is 0 Å². The first-order valence-electron chi connectivity index (χ1n) is 20.4. The normalized spacial score (nSPS) is 11.3. The molecular formula is C57H37N3. The molecule has 3 nitrogen and oxygen atoms in total. The van der Waals surface area contributed by atoms with Gasteiger partial charge in [-0.25, -0.2) is 15.0 Å². The molecule has 0 atom stereocenters. The first-order chi connectivity index (χ1) is 29.8. The summed E-state index contributed by atoms with van der Waals surface area (Å²) in [6.07, 6.45) is 0. The molecule has 1 aromatic heterocycles. The van der Waals surface area contributed by atoms with Crippen molar-refractivity contribution in [2.45, 2.75) is 0 Å². The molecule has 1 heterocycles. The zero-order valence-electron chi connectivity index (χ0n) is 32.7. The van der Waals surface area contributed by atoms with Crippen molar-refractivity contribution in [3.8, 4) is 78.7 Å². The Morgan fingerprint density at radius 1 is 0.183 bits per heavy atom. The topological polar surface area (TPSA) is 38.7 Å². The Kier molecular flexibility index (Phi) is 8.83. The van der Waals surface area contributed by atoms with Gasteiger partial charge in [-0.15, -0.1) is 0 Å². The van der Waals surface area contributed by atoms with Gasteiger partial charge in [0.2, 0.25) is 0 Å². The Balaban J connectivity index is 1.14. The van der Waals surface area contributed by atoms with Crippen LogP contribution in [0.1, 0.15) is 0 Å². The molecule has 10 aromatic carbocycles. The highest BCUT2D eigenvalue weighted by atomic mass is 15.0. The fourth-order valence-corrected chi connectivity index (χ4v) is 8.78. The molecule has 0 aliphatic heterocycles. The van der Waals surface area contributed by atoms with Crippen molar-refractivity contribution in [2.24, 2.45) is 0 Å². The van der Waals surface area contributed by atoms with Gasteiger partial charge in [0, 0.05) is 16.7 Å². The summed E-state index contributed by atoms with van der Waals surface area (Å²) in [4.78, 5) is 15.8. The van der Waals surface area contributed by atoms with Gasteiger partial charge in [-0.1, -0.05) is 218 Å². The van der Waals surface area contributed by atoms with Gasteiger partial charge in [0.25, 0.3) is 0 Å². The fourth-order valence-electron chi connectivity index (χ4n) is 8.78. The molecule has 0 radical (unpaired) electrons. The van der Waals surface area contributed by atoms with E-state index in [-0.39, 0.29) is 0 Å². The van der Waals surface area contributed by atoms with Crippen LogP contribution in [0.25, 0.3) is 111 Å². The van der Waals surface area contributed by atoms with E-state index in [2.05, 4.69) is 212 Å². The summed E-state index contributed by atoms with van der Waals surface area (Å²) >= 11 is 0. The van der Waals surface area contributed by atoms with E-state index in [1.54, 1.807) is 0 Å². The third-order valence-electron chi connectivity index (χ3n) is 11.6. The average Bonchev–Trinajstić information content (AvgIpc) is 3.33. The van der Waals surface area contributed by atoms with Crippen LogP contribution in [-0.2, 0) is 0 Å². The summed E-state index contributed by atoms with van der Waals surface area (Å²) in [7, 11) is 0. The molecule has 0 amide bonds. The minimum Gasteiger partial charge on any atom is -0.208 e. The summed E-state index contributed by atoms with van der Waals surface area (Å²) < 4.78 is 0. The van der Waals surface area contributed by atoms with Crippen molar-refractivity contribution in [3.63, 3.8) is 0 Å². The van der Waals surface area contributed by atoms with Gasteiger partial charge in [-0.3, -0.25) is 0 Å².